The number of aromatic amines is 1. The number of rotatable bonds is 3. The van der Waals surface area contributed by atoms with Gasteiger partial charge in [0.05, 0.1) is 29.5 Å². The number of nitrogens with two attached hydrogens (primary N) is 1. The largest absolute Gasteiger partial charge is 0.416 e. The van der Waals surface area contributed by atoms with Crippen molar-refractivity contribution >= 4 is 22.6 Å². The number of amides is 2. The van der Waals surface area contributed by atoms with Gasteiger partial charge in [0.1, 0.15) is 5.82 Å². The molecule has 0 spiro atoms. The van der Waals surface area contributed by atoms with Crippen molar-refractivity contribution in [3.8, 4) is 0 Å². The molecule has 0 unspecified atom stereocenters. The molecule has 0 fully saturated rings. The molecular formula is C16H12F4N4O. The number of benzene rings is 2. The Bertz CT molecular complexity index is 918. The fourth-order valence-electron chi connectivity index (χ4n) is 2.50. The Balaban J connectivity index is 1.98. The molecule has 2 aromatic carbocycles. The van der Waals surface area contributed by atoms with E-state index >= 15 is 0 Å². The molecule has 3 N–H and O–H groups in total. The van der Waals surface area contributed by atoms with Crippen molar-refractivity contribution in [3.63, 3.8) is 0 Å². The van der Waals surface area contributed by atoms with E-state index < -0.39 is 23.6 Å². The fraction of sp³-hybridized carbons (Fsp3) is 0.125. The zero-order valence-electron chi connectivity index (χ0n) is 12.6. The lowest BCUT2D eigenvalue weighted by Gasteiger charge is -2.22. The number of primary amides is 1. The topological polar surface area (TPSA) is 75.0 Å². The standard InChI is InChI=1S/C16H12F4N4O/c17-12-5-6-13-11(7-22-23-13)14(12)24(15(21)25)8-9-1-3-10(4-2-9)16(18,19)20/h1-7H,8H2,(H2,21,25)(H,22,23). The molecule has 0 aliphatic rings. The molecule has 9 heteroatoms. The van der Waals surface area contributed by atoms with Gasteiger partial charge in [0.2, 0.25) is 0 Å². The van der Waals surface area contributed by atoms with Crippen LogP contribution < -0.4 is 10.6 Å². The Kier molecular flexibility index (Phi) is 4.07. The van der Waals surface area contributed by atoms with Crippen LogP contribution >= 0.6 is 0 Å². The van der Waals surface area contributed by atoms with Gasteiger partial charge in [-0.2, -0.15) is 18.3 Å². The predicted molar refractivity (Wildman–Crippen MR) is 83.3 cm³/mol. The van der Waals surface area contributed by atoms with Gasteiger partial charge in [-0.05, 0) is 29.8 Å². The smallest absolute Gasteiger partial charge is 0.351 e. The highest BCUT2D eigenvalue weighted by Crippen LogP contribution is 2.31. The first-order valence-electron chi connectivity index (χ1n) is 7.12. The second-order valence-electron chi connectivity index (χ2n) is 5.35. The first-order chi connectivity index (χ1) is 11.8. The Morgan fingerprint density at radius 3 is 2.44 bits per heavy atom. The number of alkyl halides is 3. The summed E-state index contributed by atoms with van der Waals surface area (Å²) in [5, 5.41) is 6.78. The summed E-state index contributed by atoms with van der Waals surface area (Å²) < 4.78 is 52.2. The summed E-state index contributed by atoms with van der Waals surface area (Å²) >= 11 is 0. The molecule has 0 aliphatic carbocycles. The van der Waals surface area contributed by atoms with Crippen LogP contribution in [0.2, 0.25) is 0 Å². The molecule has 0 saturated heterocycles. The van der Waals surface area contributed by atoms with E-state index in [0.717, 1.165) is 23.1 Å². The molecule has 5 nitrogen and oxygen atoms in total. The van der Waals surface area contributed by atoms with E-state index in [4.69, 9.17) is 5.73 Å². The summed E-state index contributed by atoms with van der Waals surface area (Å²) in [5.74, 6) is -0.695. The molecule has 3 rings (SSSR count). The molecular weight excluding hydrogens is 340 g/mol. The number of hydrogen-bond donors (Lipinski definition) is 2. The molecule has 0 saturated carbocycles. The molecule has 0 radical (unpaired) electrons. The van der Waals surface area contributed by atoms with Gasteiger partial charge in [0.15, 0.2) is 0 Å². The van der Waals surface area contributed by atoms with Crippen LogP contribution in [0, 0.1) is 5.82 Å². The van der Waals surface area contributed by atoms with Crippen molar-refractivity contribution < 1.29 is 22.4 Å². The van der Waals surface area contributed by atoms with Gasteiger partial charge in [-0.3, -0.25) is 10.00 Å². The Hall–Kier alpha value is -3.10. The van der Waals surface area contributed by atoms with Gasteiger partial charge >= 0.3 is 12.2 Å². The number of carbonyl (C=O) groups excluding carboxylic acids is 1. The van der Waals surface area contributed by atoms with Crippen LogP contribution in [0.15, 0.2) is 42.6 Å². The summed E-state index contributed by atoms with van der Waals surface area (Å²) in [6.07, 6.45) is -3.12. The summed E-state index contributed by atoms with van der Waals surface area (Å²) in [6, 6.07) is 5.88. The van der Waals surface area contributed by atoms with E-state index in [1.165, 1.54) is 24.4 Å². The van der Waals surface area contributed by atoms with Gasteiger partial charge in [-0.1, -0.05) is 12.1 Å². The third-order valence-electron chi connectivity index (χ3n) is 3.70. The molecule has 3 aromatic rings. The molecule has 25 heavy (non-hydrogen) atoms. The molecule has 0 atom stereocenters. The van der Waals surface area contributed by atoms with Crippen molar-refractivity contribution in [1.29, 1.82) is 0 Å². The number of aromatic nitrogens is 2. The van der Waals surface area contributed by atoms with Crippen LogP contribution in [0.1, 0.15) is 11.1 Å². The Morgan fingerprint density at radius 1 is 1.16 bits per heavy atom. The van der Waals surface area contributed by atoms with Gasteiger partial charge in [-0.25, -0.2) is 9.18 Å². The summed E-state index contributed by atoms with van der Waals surface area (Å²) in [5.41, 5.74) is 5.32. The highest BCUT2D eigenvalue weighted by atomic mass is 19.4. The van der Waals surface area contributed by atoms with E-state index in [2.05, 4.69) is 10.2 Å². The maximum absolute atomic E-state index is 14.3. The zero-order chi connectivity index (χ0) is 18.2. The molecule has 0 aliphatic heterocycles. The number of carbonyl (C=O) groups is 1. The third-order valence-corrected chi connectivity index (χ3v) is 3.70. The van der Waals surface area contributed by atoms with E-state index in [0.29, 0.717) is 16.5 Å². The molecule has 130 valence electrons. The average molecular weight is 352 g/mol. The van der Waals surface area contributed by atoms with Crippen molar-refractivity contribution in [2.45, 2.75) is 12.7 Å². The number of anilines is 1. The number of fused-ring (bicyclic) bond motifs is 1. The first kappa shape index (κ1) is 16.7. The van der Waals surface area contributed by atoms with Crippen LogP contribution in [-0.4, -0.2) is 16.2 Å². The Morgan fingerprint density at radius 2 is 1.84 bits per heavy atom. The molecule has 1 aromatic heterocycles. The number of H-pyrrole nitrogens is 1. The van der Waals surface area contributed by atoms with Gasteiger partial charge in [0.25, 0.3) is 0 Å². The van der Waals surface area contributed by atoms with Crippen LogP contribution in [0.25, 0.3) is 10.9 Å². The first-order valence-corrected chi connectivity index (χ1v) is 7.12. The lowest BCUT2D eigenvalue weighted by Crippen LogP contribution is -2.36. The average Bonchev–Trinajstić information content (AvgIpc) is 3.01. The van der Waals surface area contributed by atoms with Crippen molar-refractivity contribution in [2.75, 3.05) is 4.90 Å². The summed E-state index contributed by atoms with van der Waals surface area (Å²) in [4.78, 5) is 12.8. The van der Waals surface area contributed by atoms with E-state index in [9.17, 15) is 22.4 Å². The minimum Gasteiger partial charge on any atom is -0.351 e. The normalized spacial score (nSPS) is 11.7. The molecule has 2 amide bonds. The maximum Gasteiger partial charge on any atom is 0.416 e. The summed E-state index contributed by atoms with van der Waals surface area (Å²) in [7, 11) is 0. The van der Waals surface area contributed by atoms with E-state index in [-0.39, 0.29) is 12.2 Å². The van der Waals surface area contributed by atoms with Crippen molar-refractivity contribution in [2.24, 2.45) is 5.73 Å². The number of nitrogens with one attached hydrogen (secondary N) is 1. The fourth-order valence-corrected chi connectivity index (χ4v) is 2.50. The van der Waals surface area contributed by atoms with Crippen molar-refractivity contribution in [3.05, 3.63) is 59.5 Å². The zero-order valence-corrected chi connectivity index (χ0v) is 12.6. The molecule has 0 bridgehead atoms. The Labute approximate surface area is 139 Å². The van der Waals surface area contributed by atoms with Gasteiger partial charge < -0.3 is 5.73 Å². The number of urea groups is 1. The van der Waals surface area contributed by atoms with Crippen LogP contribution in [0.4, 0.5) is 28.0 Å². The van der Waals surface area contributed by atoms with Gasteiger partial charge in [0, 0.05) is 5.39 Å². The number of hydrogen-bond acceptors (Lipinski definition) is 2. The van der Waals surface area contributed by atoms with E-state index in [1.807, 2.05) is 0 Å². The highest BCUT2D eigenvalue weighted by molar-refractivity contribution is 6.01. The number of halogens is 4. The summed E-state index contributed by atoms with van der Waals surface area (Å²) in [6.45, 7) is -0.186. The quantitative estimate of drug-likeness (QED) is 0.704. The van der Waals surface area contributed by atoms with Crippen molar-refractivity contribution in [1.82, 2.24) is 10.2 Å². The second-order valence-corrected chi connectivity index (χ2v) is 5.35. The second kappa shape index (κ2) is 6.08. The van der Waals surface area contributed by atoms with Crippen LogP contribution in [-0.2, 0) is 12.7 Å². The maximum atomic E-state index is 14.3. The predicted octanol–water partition coefficient (Wildman–Crippen LogP) is 3.81. The van der Waals surface area contributed by atoms with E-state index in [1.54, 1.807) is 0 Å². The lowest BCUT2D eigenvalue weighted by molar-refractivity contribution is -0.137. The lowest BCUT2D eigenvalue weighted by atomic mass is 10.1. The molecule has 1 heterocycles. The number of nitrogens with zero attached hydrogens (tertiary/aromatic N) is 2. The van der Waals surface area contributed by atoms with Crippen LogP contribution in [0.3, 0.4) is 0 Å². The highest BCUT2D eigenvalue weighted by Gasteiger charge is 2.30. The monoisotopic (exact) mass is 352 g/mol. The third kappa shape index (κ3) is 3.25. The minimum atomic E-state index is -4.46. The van der Waals surface area contributed by atoms with Gasteiger partial charge in [-0.15, -0.1) is 0 Å². The van der Waals surface area contributed by atoms with Crippen LogP contribution in [0.5, 0.6) is 0 Å². The SMILES string of the molecule is NC(=O)N(Cc1ccc(C(F)(F)F)cc1)c1c(F)ccc2[nH]ncc12. The minimum absolute atomic E-state index is 0.0846.